The van der Waals surface area contributed by atoms with E-state index < -0.39 is 5.60 Å². The summed E-state index contributed by atoms with van der Waals surface area (Å²) in [6.45, 7) is 6.55. The summed E-state index contributed by atoms with van der Waals surface area (Å²) in [4.78, 5) is 8.19. The summed E-state index contributed by atoms with van der Waals surface area (Å²) < 4.78 is 8.26. The Balaban J connectivity index is 1.90. The molecule has 0 amide bonds. The Morgan fingerprint density at radius 1 is 0.900 bits per heavy atom. The summed E-state index contributed by atoms with van der Waals surface area (Å²) in [5.74, 6) is 0.267. The topological polar surface area (TPSA) is 78.8 Å². The molecular formula is C24H27N5O. The fourth-order valence-electron chi connectivity index (χ4n) is 4.30. The number of hydrogen-bond donors (Lipinski definition) is 1. The van der Waals surface area contributed by atoms with Crippen molar-refractivity contribution in [2.75, 3.05) is 12.8 Å². The molecule has 0 fully saturated rings. The summed E-state index contributed by atoms with van der Waals surface area (Å²) in [5, 5.41) is 6.01. The zero-order chi connectivity index (χ0) is 21.5. The highest BCUT2D eigenvalue weighted by molar-refractivity contribution is 5.83. The molecule has 0 saturated heterocycles. The van der Waals surface area contributed by atoms with E-state index in [-0.39, 0.29) is 11.4 Å². The van der Waals surface area contributed by atoms with Crippen LogP contribution in [0.2, 0.25) is 0 Å². The normalized spacial score (nSPS) is 14.0. The molecule has 2 heterocycles. The van der Waals surface area contributed by atoms with Gasteiger partial charge in [-0.25, -0.2) is 9.97 Å². The predicted molar refractivity (Wildman–Crippen MR) is 120 cm³/mol. The van der Waals surface area contributed by atoms with Crippen LogP contribution in [-0.2, 0) is 17.4 Å². The van der Waals surface area contributed by atoms with E-state index in [2.05, 4.69) is 67.1 Å². The molecule has 30 heavy (non-hydrogen) atoms. The largest absolute Gasteiger partial charge is 0.368 e. The quantitative estimate of drug-likeness (QED) is 0.543. The number of ether oxygens (including phenoxy) is 1. The van der Waals surface area contributed by atoms with E-state index in [1.165, 1.54) is 0 Å². The first-order valence-corrected chi connectivity index (χ1v) is 9.94. The van der Waals surface area contributed by atoms with Gasteiger partial charge in [0.2, 0.25) is 5.95 Å². The highest BCUT2D eigenvalue weighted by atomic mass is 16.5. The first-order chi connectivity index (χ1) is 14.3. The average molecular weight is 402 g/mol. The molecule has 0 aliphatic rings. The second-order valence-corrected chi connectivity index (χ2v) is 8.53. The molecule has 0 aliphatic heterocycles. The van der Waals surface area contributed by atoms with Gasteiger partial charge in [0.05, 0.1) is 5.52 Å². The smallest absolute Gasteiger partial charge is 0.219 e. The van der Waals surface area contributed by atoms with Crippen LogP contribution in [0.1, 0.15) is 32.0 Å². The Hall–Kier alpha value is -3.25. The van der Waals surface area contributed by atoms with E-state index in [1.807, 2.05) is 23.9 Å². The monoisotopic (exact) mass is 401 g/mol. The summed E-state index contributed by atoms with van der Waals surface area (Å²) in [7, 11) is 3.73. The number of para-hydroxylation sites is 1. The van der Waals surface area contributed by atoms with Gasteiger partial charge in [-0.1, -0.05) is 63.2 Å². The third-order valence-corrected chi connectivity index (χ3v) is 5.75. The Morgan fingerprint density at radius 3 is 2.13 bits per heavy atom. The van der Waals surface area contributed by atoms with E-state index in [0.29, 0.717) is 0 Å². The van der Waals surface area contributed by atoms with Crippen LogP contribution in [-0.4, -0.2) is 26.9 Å². The standard InChI is InChI=1S/C24H27N5O/c1-23(2,3)24(30-5,21-19-8-6-7-9-20(19)29(4)28-21)18-12-10-16(11-13-18)17-14-26-22(25)27-15-17/h6-15H,1-5H3,(H2,25,26,27). The summed E-state index contributed by atoms with van der Waals surface area (Å²) >= 11 is 0. The lowest BCUT2D eigenvalue weighted by molar-refractivity contribution is -0.0669. The lowest BCUT2D eigenvalue weighted by Gasteiger charge is -2.43. The van der Waals surface area contributed by atoms with Crippen LogP contribution >= 0.6 is 0 Å². The Morgan fingerprint density at radius 2 is 1.53 bits per heavy atom. The van der Waals surface area contributed by atoms with E-state index in [9.17, 15) is 0 Å². The molecule has 1 atom stereocenters. The fraction of sp³-hybridized carbons (Fsp3) is 0.292. The van der Waals surface area contributed by atoms with E-state index in [0.717, 1.165) is 33.3 Å². The number of rotatable bonds is 4. The van der Waals surface area contributed by atoms with Crippen LogP contribution in [0, 0.1) is 5.41 Å². The predicted octanol–water partition coefficient (Wildman–Crippen LogP) is 4.55. The van der Waals surface area contributed by atoms with Crippen molar-refractivity contribution in [2.45, 2.75) is 26.4 Å². The van der Waals surface area contributed by atoms with Crippen molar-refractivity contribution in [2.24, 2.45) is 12.5 Å². The third kappa shape index (κ3) is 3.04. The van der Waals surface area contributed by atoms with Gasteiger partial charge < -0.3 is 10.5 Å². The van der Waals surface area contributed by atoms with Gasteiger partial charge in [0.25, 0.3) is 0 Å². The van der Waals surface area contributed by atoms with Crippen LogP contribution < -0.4 is 5.73 Å². The number of anilines is 1. The van der Waals surface area contributed by atoms with Crippen molar-refractivity contribution >= 4 is 16.9 Å². The second kappa shape index (κ2) is 7.22. The maximum Gasteiger partial charge on any atom is 0.219 e. The van der Waals surface area contributed by atoms with Crippen LogP contribution in [0.15, 0.2) is 60.9 Å². The molecule has 0 saturated carbocycles. The molecular weight excluding hydrogens is 374 g/mol. The summed E-state index contributed by atoms with van der Waals surface area (Å²) in [6.07, 6.45) is 3.47. The van der Waals surface area contributed by atoms with Crippen molar-refractivity contribution in [3.63, 3.8) is 0 Å². The number of nitrogen functional groups attached to an aromatic ring is 1. The van der Waals surface area contributed by atoms with Crippen molar-refractivity contribution in [1.82, 2.24) is 19.7 Å². The van der Waals surface area contributed by atoms with E-state index >= 15 is 0 Å². The van der Waals surface area contributed by atoms with Gasteiger partial charge in [0.15, 0.2) is 0 Å². The van der Waals surface area contributed by atoms with Gasteiger partial charge >= 0.3 is 0 Å². The Labute approximate surface area is 176 Å². The molecule has 6 heteroatoms. The summed E-state index contributed by atoms with van der Waals surface area (Å²) in [6, 6.07) is 16.6. The van der Waals surface area contributed by atoms with Crippen LogP contribution in [0.5, 0.6) is 0 Å². The SMILES string of the molecule is COC(c1ccc(-c2cnc(N)nc2)cc1)(c1nn(C)c2ccccc12)C(C)(C)C. The van der Waals surface area contributed by atoms with Gasteiger partial charge in [-0.3, -0.25) is 4.68 Å². The summed E-state index contributed by atoms with van der Waals surface area (Å²) in [5.41, 5.74) is 9.59. The van der Waals surface area contributed by atoms with Crippen molar-refractivity contribution in [3.05, 3.63) is 72.2 Å². The Bertz CT molecular complexity index is 1170. The van der Waals surface area contributed by atoms with Gasteiger partial charge in [0.1, 0.15) is 11.3 Å². The molecule has 4 aromatic rings. The maximum absolute atomic E-state index is 6.34. The minimum atomic E-state index is -0.732. The zero-order valence-corrected chi connectivity index (χ0v) is 18.0. The average Bonchev–Trinajstić information content (AvgIpc) is 3.06. The van der Waals surface area contributed by atoms with Crippen molar-refractivity contribution in [3.8, 4) is 11.1 Å². The zero-order valence-electron chi connectivity index (χ0n) is 18.0. The third-order valence-electron chi connectivity index (χ3n) is 5.75. The fourth-order valence-corrected chi connectivity index (χ4v) is 4.30. The molecule has 2 aromatic heterocycles. The molecule has 4 rings (SSSR count). The van der Waals surface area contributed by atoms with Crippen LogP contribution in [0.3, 0.4) is 0 Å². The molecule has 154 valence electrons. The van der Waals surface area contributed by atoms with E-state index in [1.54, 1.807) is 19.5 Å². The number of benzene rings is 2. The van der Waals surface area contributed by atoms with Gasteiger partial charge in [-0.2, -0.15) is 5.10 Å². The number of fused-ring (bicyclic) bond motifs is 1. The van der Waals surface area contributed by atoms with Crippen molar-refractivity contribution < 1.29 is 4.74 Å². The van der Waals surface area contributed by atoms with Gasteiger partial charge in [-0.15, -0.1) is 0 Å². The number of nitrogens with two attached hydrogens (primary N) is 1. The molecule has 0 radical (unpaired) electrons. The number of nitrogens with zero attached hydrogens (tertiary/aromatic N) is 4. The first-order valence-electron chi connectivity index (χ1n) is 9.94. The molecule has 2 aromatic carbocycles. The highest BCUT2D eigenvalue weighted by Gasteiger charge is 2.48. The Kier molecular flexibility index (Phi) is 4.82. The second-order valence-electron chi connectivity index (χ2n) is 8.53. The minimum absolute atomic E-state index is 0.259. The number of hydrogen-bond acceptors (Lipinski definition) is 5. The van der Waals surface area contributed by atoms with Crippen molar-refractivity contribution in [1.29, 1.82) is 0 Å². The van der Waals surface area contributed by atoms with Crippen LogP contribution in [0.4, 0.5) is 5.95 Å². The maximum atomic E-state index is 6.34. The molecule has 0 spiro atoms. The number of aryl methyl sites for hydroxylation is 1. The lowest BCUT2D eigenvalue weighted by Crippen LogP contribution is -2.43. The molecule has 1 unspecified atom stereocenters. The van der Waals surface area contributed by atoms with Crippen LogP contribution in [0.25, 0.3) is 22.0 Å². The number of aromatic nitrogens is 4. The molecule has 2 N–H and O–H groups in total. The number of methoxy groups -OCH3 is 1. The highest BCUT2D eigenvalue weighted by Crippen LogP contribution is 2.49. The van der Waals surface area contributed by atoms with Gasteiger partial charge in [-0.05, 0) is 17.2 Å². The van der Waals surface area contributed by atoms with E-state index in [4.69, 9.17) is 15.6 Å². The van der Waals surface area contributed by atoms with Gasteiger partial charge in [0, 0.05) is 42.9 Å². The molecule has 0 bridgehead atoms. The first kappa shape index (κ1) is 20.0. The lowest BCUT2D eigenvalue weighted by atomic mass is 9.69. The minimum Gasteiger partial charge on any atom is -0.368 e. The molecule has 6 nitrogen and oxygen atoms in total. The molecule has 0 aliphatic carbocycles.